The third-order valence-electron chi connectivity index (χ3n) is 9.39. The molecule has 0 atom stereocenters. The Hall–Kier alpha value is -6.22. The van der Waals surface area contributed by atoms with Crippen LogP contribution in [0.5, 0.6) is 0 Å². The number of hydrogen-bond donors (Lipinski definition) is 0. The van der Waals surface area contributed by atoms with Gasteiger partial charge in [0.1, 0.15) is 11.2 Å². The third kappa shape index (κ3) is 4.61. The molecular formula is C45H31N3OS. The molecule has 3 heterocycles. The van der Waals surface area contributed by atoms with Gasteiger partial charge in [0.05, 0.1) is 39.1 Å². The van der Waals surface area contributed by atoms with Gasteiger partial charge in [-0.3, -0.25) is 0 Å². The van der Waals surface area contributed by atoms with E-state index in [0.717, 1.165) is 54.1 Å². The fourth-order valence-corrected chi connectivity index (χ4v) is 8.11. The zero-order chi connectivity index (χ0) is 33.8. The van der Waals surface area contributed by atoms with Gasteiger partial charge in [0, 0.05) is 48.1 Å². The fourth-order valence-electron chi connectivity index (χ4n) is 7.29. The molecule has 0 spiro atoms. The quantitative estimate of drug-likeness (QED) is 0.189. The van der Waals surface area contributed by atoms with Crippen molar-refractivity contribution in [3.63, 3.8) is 0 Å². The monoisotopic (exact) mass is 661 g/mol. The predicted octanol–water partition coefficient (Wildman–Crippen LogP) is 12.8. The molecule has 10 rings (SSSR count). The van der Waals surface area contributed by atoms with Crippen molar-refractivity contribution in [3.05, 3.63) is 157 Å². The predicted molar refractivity (Wildman–Crippen MR) is 209 cm³/mol. The molecule has 0 N–H and O–H groups in total. The van der Waals surface area contributed by atoms with Crippen LogP contribution >= 0.6 is 11.8 Å². The smallest absolute Gasteiger partial charge is 0.137 e. The van der Waals surface area contributed by atoms with Crippen LogP contribution in [0.1, 0.15) is 19.4 Å². The number of fused-ring (bicyclic) bond motifs is 10. The topological polar surface area (TPSA) is 46.8 Å². The second-order valence-electron chi connectivity index (χ2n) is 12.1. The molecule has 10 aromatic rings. The molecule has 0 aliphatic heterocycles. The minimum Gasteiger partial charge on any atom is -0.456 e. The second-order valence-corrected chi connectivity index (χ2v) is 13.2. The van der Waals surface area contributed by atoms with Crippen LogP contribution in [0.3, 0.4) is 0 Å². The Balaban J connectivity index is 0.00000165. The van der Waals surface area contributed by atoms with E-state index < -0.39 is 0 Å². The Kier molecular flexibility index (Phi) is 7.19. The number of benzene rings is 7. The lowest BCUT2D eigenvalue weighted by Gasteiger charge is -2.11. The zero-order valence-corrected chi connectivity index (χ0v) is 28.4. The van der Waals surface area contributed by atoms with Crippen LogP contribution in [0.4, 0.5) is 0 Å². The third-order valence-corrected chi connectivity index (χ3v) is 10.4. The maximum atomic E-state index is 9.20. The van der Waals surface area contributed by atoms with Crippen molar-refractivity contribution in [2.45, 2.75) is 23.6 Å². The highest BCUT2D eigenvalue weighted by Crippen LogP contribution is 2.44. The first-order valence-electron chi connectivity index (χ1n) is 16.9. The molecule has 0 saturated heterocycles. The normalized spacial score (nSPS) is 11.5. The Morgan fingerprint density at radius 1 is 0.500 bits per heavy atom. The molecule has 0 bridgehead atoms. The Morgan fingerprint density at radius 3 is 1.84 bits per heavy atom. The van der Waals surface area contributed by atoms with Crippen molar-refractivity contribution in [1.29, 1.82) is 5.26 Å². The van der Waals surface area contributed by atoms with Gasteiger partial charge < -0.3 is 13.6 Å². The lowest BCUT2D eigenvalue weighted by Crippen LogP contribution is -1.95. The molecule has 0 aliphatic rings. The summed E-state index contributed by atoms with van der Waals surface area (Å²) in [6.45, 7) is 4.00. The molecule has 0 unspecified atom stereocenters. The van der Waals surface area contributed by atoms with Crippen molar-refractivity contribution in [2.24, 2.45) is 0 Å². The lowest BCUT2D eigenvalue weighted by atomic mass is 10.1. The summed E-state index contributed by atoms with van der Waals surface area (Å²) in [5.74, 6) is 0. The first-order chi connectivity index (χ1) is 24.7. The van der Waals surface area contributed by atoms with Crippen LogP contribution in [0, 0.1) is 11.3 Å². The number of para-hydroxylation sites is 3. The average Bonchev–Trinajstić information content (AvgIpc) is 3.83. The van der Waals surface area contributed by atoms with Crippen molar-refractivity contribution in [2.75, 3.05) is 0 Å². The summed E-state index contributed by atoms with van der Waals surface area (Å²) in [5.41, 5.74) is 9.33. The summed E-state index contributed by atoms with van der Waals surface area (Å²) in [7, 11) is 0. The summed E-state index contributed by atoms with van der Waals surface area (Å²) in [4.78, 5) is 2.24. The van der Waals surface area contributed by atoms with Crippen LogP contribution < -0.4 is 0 Å². The number of rotatable bonds is 4. The summed E-state index contributed by atoms with van der Waals surface area (Å²) < 4.78 is 11.2. The first-order valence-corrected chi connectivity index (χ1v) is 17.7. The number of nitrogens with zero attached hydrogens (tertiary/aromatic N) is 3. The number of hydrogen-bond acceptors (Lipinski definition) is 3. The van der Waals surface area contributed by atoms with Gasteiger partial charge in [-0.1, -0.05) is 80.2 Å². The molecule has 0 fully saturated rings. The van der Waals surface area contributed by atoms with E-state index in [1.807, 2.05) is 50.2 Å². The van der Waals surface area contributed by atoms with Gasteiger partial charge in [-0.2, -0.15) is 5.26 Å². The van der Waals surface area contributed by atoms with Gasteiger partial charge in [-0.25, -0.2) is 0 Å². The lowest BCUT2D eigenvalue weighted by molar-refractivity contribution is 0.669. The first kappa shape index (κ1) is 29.9. The van der Waals surface area contributed by atoms with E-state index in [0.29, 0.717) is 5.56 Å². The van der Waals surface area contributed by atoms with E-state index in [1.54, 1.807) is 11.8 Å². The standard InChI is InChI=1S/C43H25N3OS.C2H6/c44-26-27-14-18-30(19-15-27)48-31-20-16-29(17-21-31)46-39-24-35-32-10-4-6-12-37(32)45(28-8-2-1-3-9-28)38(35)25-36(39)33-22-23-41-42(43(33)46)34-11-5-7-13-40(34)47-41;1-2/h1-25H;1-2H3. The van der Waals surface area contributed by atoms with Crippen LogP contribution in [-0.2, 0) is 0 Å². The van der Waals surface area contributed by atoms with E-state index in [2.05, 4.69) is 130 Å². The summed E-state index contributed by atoms with van der Waals surface area (Å²) in [6, 6.07) is 55.5. The minimum absolute atomic E-state index is 0.667. The van der Waals surface area contributed by atoms with Gasteiger partial charge >= 0.3 is 0 Å². The van der Waals surface area contributed by atoms with Gasteiger partial charge in [-0.15, -0.1) is 0 Å². The molecule has 50 heavy (non-hydrogen) atoms. The molecule has 238 valence electrons. The molecule has 4 nitrogen and oxygen atoms in total. The van der Waals surface area contributed by atoms with E-state index in [1.165, 1.54) is 32.6 Å². The summed E-state index contributed by atoms with van der Waals surface area (Å²) >= 11 is 1.69. The maximum Gasteiger partial charge on any atom is 0.137 e. The molecule has 7 aromatic carbocycles. The molecule has 0 amide bonds. The Morgan fingerprint density at radius 2 is 1.10 bits per heavy atom. The van der Waals surface area contributed by atoms with Crippen molar-refractivity contribution in [1.82, 2.24) is 9.13 Å². The Bertz CT molecular complexity index is 2910. The van der Waals surface area contributed by atoms with Gasteiger partial charge in [0.15, 0.2) is 0 Å². The van der Waals surface area contributed by atoms with Crippen LogP contribution in [0.2, 0.25) is 0 Å². The number of aromatic nitrogens is 2. The van der Waals surface area contributed by atoms with Crippen molar-refractivity contribution < 1.29 is 4.42 Å². The highest BCUT2D eigenvalue weighted by atomic mass is 32.2. The van der Waals surface area contributed by atoms with Crippen LogP contribution in [0.15, 0.2) is 166 Å². The van der Waals surface area contributed by atoms with E-state index in [4.69, 9.17) is 4.42 Å². The maximum absolute atomic E-state index is 9.20. The van der Waals surface area contributed by atoms with Crippen molar-refractivity contribution >= 4 is 77.3 Å². The van der Waals surface area contributed by atoms with Crippen LogP contribution in [0.25, 0.3) is 76.9 Å². The highest BCUT2D eigenvalue weighted by Gasteiger charge is 2.22. The van der Waals surface area contributed by atoms with Crippen LogP contribution in [-0.4, -0.2) is 9.13 Å². The van der Waals surface area contributed by atoms with Gasteiger partial charge in [0.25, 0.3) is 0 Å². The molecule has 0 radical (unpaired) electrons. The number of furan rings is 1. The SMILES string of the molecule is CC.N#Cc1ccc(Sc2ccc(-n3c4cc5c6ccccc6n(-c6ccccc6)c5cc4c4ccc5oc6ccccc6c5c43)cc2)cc1. The van der Waals surface area contributed by atoms with E-state index in [-0.39, 0.29) is 0 Å². The highest BCUT2D eigenvalue weighted by molar-refractivity contribution is 7.99. The van der Waals surface area contributed by atoms with Gasteiger partial charge in [0.2, 0.25) is 0 Å². The molecular weight excluding hydrogens is 631 g/mol. The zero-order valence-electron chi connectivity index (χ0n) is 27.6. The van der Waals surface area contributed by atoms with Gasteiger partial charge in [-0.05, 0) is 97.1 Å². The van der Waals surface area contributed by atoms with E-state index in [9.17, 15) is 5.26 Å². The molecule has 0 aliphatic carbocycles. The molecule has 0 saturated carbocycles. The van der Waals surface area contributed by atoms with E-state index >= 15 is 0 Å². The Labute approximate surface area is 293 Å². The molecule has 5 heteroatoms. The second kappa shape index (κ2) is 12.0. The largest absolute Gasteiger partial charge is 0.456 e. The fraction of sp³-hybridized carbons (Fsp3) is 0.0444. The summed E-state index contributed by atoms with van der Waals surface area (Å²) in [6.07, 6.45) is 0. The average molecular weight is 662 g/mol. The molecule has 3 aromatic heterocycles. The van der Waals surface area contributed by atoms with Crippen molar-refractivity contribution in [3.8, 4) is 17.4 Å². The summed E-state index contributed by atoms with van der Waals surface area (Å²) in [5, 5.41) is 16.3. The number of nitriles is 1. The minimum atomic E-state index is 0.667.